The third-order valence-electron chi connectivity index (χ3n) is 6.18. The van der Waals surface area contributed by atoms with Gasteiger partial charge in [-0.05, 0) is 38.7 Å². The van der Waals surface area contributed by atoms with Gasteiger partial charge in [-0.15, -0.1) is 11.3 Å². The van der Waals surface area contributed by atoms with Gasteiger partial charge in [-0.1, -0.05) is 24.2 Å². The zero-order chi connectivity index (χ0) is 20.4. The summed E-state index contributed by atoms with van der Waals surface area (Å²) >= 11 is 3.15. The first kappa shape index (κ1) is 20.6. The number of hydrogen-bond donors (Lipinski definition) is 0. The summed E-state index contributed by atoms with van der Waals surface area (Å²) in [4.78, 5) is 38.0. The smallest absolute Gasteiger partial charge is 0.264 e. The second-order valence-corrected chi connectivity index (χ2v) is 10.0. The molecule has 1 aliphatic heterocycles. The summed E-state index contributed by atoms with van der Waals surface area (Å²) in [5.74, 6) is 0.927. The lowest BCUT2D eigenvalue weighted by Gasteiger charge is -2.35. The molecule has 158 valence electrons. The monoisotopic (exact) mass is 434 g/mol. The number of rotatable bonds is 6. The molecular weight excluding hydrogens is 404 g/mol. The third-order valence-corrected chi connectivity index (χ3v) is 8.39. The molecule has 6 nitrogen and oxygen atoms in total. The molecule has 4 rings (SSSR count). The quantitative estimate of drug-likeness (QED) is 0.688. The molecule has 0 N–H and O–H groups in total. The van der Waals surface area contributed by atoms with Crippen LogP contribution in [-0.4, -0.2) is 65.9 Å². The lowest BCUT2D eigenvalue weighted by molar-refractivity contribution is -0.133. The normalized spacial score (nSPS) is 18.0. The molecule has 3 heterocycles. The average molecular weight is 435 g/mol. The number of piperazine rings is 1. The van der Waals surface area contributed by atoms with Gasteiger partial charge in [-0.2, -0.15) is 0 Å². The Balaban J connectivity index is 1.34. The van der Waals surface area contributed by atoms with Crippen molar-refractivity contribution in [2.45, 2.75) is 46.0 Å². The van der Waals surface area contributed by atoms with E-state index in [-0.39, 0.29) is 11.8 Å². The predicted octanol–water partition coefficient (Wildman–Crippen LogP) is 4.07. The van der Waals surface area contributed by atoms with Crippen LogP contribution in [0.3, 0.4) is 0 Å². The Labute approximate surface area is 180 Å². The minimum Gasteiger partial charge on any atom is -0.349 e. The van der Waals surface area contributed by atoms with Crippen molar-refractivity contribution in [1.29, 1.82) is 0 Å². The molecule has 0 aromatic carbocycles. The molecule has 1 saturated heterocycles. The van der Waals surface area contributed by atoms with Gasteiger partial charge in [0, 0.05) is 45.7 Å². The molecule has 0 unspecified atom stereocenters. The third kappa shape index (κ3) is 4.43. The number of carbonyl (C=O) groups excluding carboxylic acids is 2. The summed E-state index contributed by atoms with van der Waals surface area (Å²) in [5.41, 5.74) is 0. The molecular formula is C21H30N4O2S2. The molecule has 29 heavy (non-hydrogen) atoms. The average Bonchev–Trinajstić information content (AvgIpc) is 3.45. The maximum Gasteiger partial charge on any atom is 0.264 e. The van der Waals surface area contributed by atoms with E-state index in [2.05, 4.69) is 18.7 Å². The molecule has 2 aliphatic rings. The second-order valence-electron chi connectivity index (χ2n) is 7.98. The van der Waals surface area contributed by atoms with Gasteiger partial charge in [0.15, 0.2) is 5.13 Å². The zero-order valence-electron chi connectivity index (χ0n) is 17.4. The molecule has 8 heteroatoms. The number of aromatic nitrogens is 1. The summed E-state index contributed by atoms with van der Waals surface area (Å²) in [7, 11) is 0. The van der Waals surface area contributed by atoms with Gasteiger partial charge in [0.25, 0.3) is 5.91 Å². The highest BCUT2D eigenvalue weighted by atomic mass is 32.1. The largest absolute Gasteiger partial charge is 0.349 e. The van der Waals surface area contributed by atoms with Crippen LogP contribution >= 0.6 is 22.7 Å². The number of thiophene rings is 1. The summed E-state index contributed by atoms with van der Waals surface area (Å²) in [6, 6.07) is 1.99. The Morgan fingerprint density at radius 1 is 1.07 bits per heavy atom. The summed E-state index contributed by atoms with van der Waals surface area (Å²) in [5, 5.41) is 1.03. The number of fused-ring (bicyclic) bond motifs is 1. The standard InChI is InChI=1S/C21H30N4O2S2/c1-3-23(4-2)21-22-19-16(29-21)14-17(28-19)20(27)25-11-9-24(10-12-25)18(26)13-15-7-5-6-8-15/h14-15H,3-13H2,1-2H3. The molecule has 0 bridgehead atoms. The van der Waals surface area contributed by atoms with Gasteiger partial charge in [-0.3, -0.25) is 9.59 Å². The molecule has 2 aromatic heterocycles. The number of nitrogens with zero attached hydrogens (tertiary/aromatic N) is 4. The Morgan fingerprint density at radius 2 is 1.72 bits per heavy atom. The maximum absolute atomic E-state index is 13.0. The fourth-order valence-electron chi connectivity index (χ4n) is 4.36. The van der Waals surface area contributed by atoms with Crippen molar-refractivity contribution in [3.63, 3.8) is 0 Å². The molecule has 2 amide bonds. The van der Waals surface area contributed by atoms with E-state index in [1.54, 1.807) is 11.3 Å². The predicted molar refractivity (Wildman–Crippen MR) is 120 cm³/mol. The Morgan fingerprint density at radius 3 is 2.34 bits per heavy atom. The number of anilines is 1. The van der Waals surface area contributed by atoms with Crippen molar-refractivity contribution in [1.82, 2.24) is 14.8 Å². The van der Waals surface area contributed by atoms with Crippen LogP contribution in [0.5, 0.6) is 0 Å². The SMILES string of the molecule is CCN(CC)c1nc2sc(C(=O)N3CCN(C(=O)CC4CCCC4)CC3)cc2s1. The fraction of sp³-hybridized carbons (Fsp3) is 0.667. The van der Waals surface area contributed by atoms with E-state index < -0.39 is 0 Å². The number of amides is 2. The van der Waals surface area contributed by atoms with Crippen LogP contribution in [0.1, 0.15) is 55.6 Å². The second kappa shape index (κ2) is 9.00. The van der Waals surface area contributed by atoms with Gasteiger partial charge >= 0.3 is 0 Å². The first-order valence-electron chi connectivity index (χ1n) is 10.8. The van der Waals surface area contributed by atoms with Crippen LogP contribution in [0.2, 0.25) is 0 Å². The van der Waals surface area contributed by atoms with Gasteiger partial charge in [0.05, 0.1) is 9.58 Å². The highest BCUT2D eigenvalue weighted by Crippen LogP contribution is 2.35. The van der Waals surface area contributed by atoms with Crippen molar-refractivity contribution in [2.75, 3.05) is 44.2 Å². The van der Waals surface area contributed by atoms with Crippen LogP contribution < -0.4 is 4.90 Å². The van der Waals surface area contributed by atoms with Crippen LogP contribution in [0.15, 0.2) is 6.07 Å². The number of thiazole rings is 1. The summed E-state index contributed by atoms with van der Waals surface area (Å²) in [6.07, 6.45) is 5.62. The molecule has 1 saturated carbocycles. The summed E-state index contributed by atoms with van der Waals surface area (Å²) < 4.78 is 1.09. The van der Waals surface area contributed by atoms with Crippen molar-refractivity contribution in [2.24, 2.45) is 5.92 Å². The van der Waals surface area contributed by atoms with Crippen LogP contribution in [-0.2, 0) is 4.79 Å². The van der Waals surface area contributed by atoms with E-state index in [0.717, 1.165) is 32.6 Å². The lowest BCUT2D eigenvalue weighted by Crippen LogP contribution is -2.50. The molecule has 2 fully saturated rings. The van der Waals surface area contributed by atoms with Gasteiger partial charge in [0.1, 0.15) is 4.83 Å². The topological polar surface area (TPSA) is 56.8 Å². The summed E-state index contributed by atoms with van der Waals surface area (Å²) in [6.45, 7) is 8.69. The first-order valence-corrected chi connectivity index (χ1v) is 12.4. The van der Waals surface area contributed by atoms with Crippen molar-refractivity contribution < 1.29 is 9.59 Å². The van der Waals surface area contributed by atoms with E-state index in [9.17, 15) is 9.59 Å². The molecule has 0 atom stereocenters. The van der Waals surface area contributed by atoms with E-state index >= 15 is 0 Å². The first-order chi connectivity index (χ1) is 14.1. The molecule has 0 spiro atoms. The van der Waals surface area contributed by atoms with Crippen LogP contribution in [0, 0.1) is 5.92 Å². The van der Waals surface area contributed by atoms with Crippen molar-refractivity contribution >= 4 is 49.1 Å². The van der Waals surface area contributed by atoms with E-state index in [1.807, 2.05) is 15.9 Å². The molecule has 2 aromatic rings. The highest BCUT2D eigenvalue weighted by Gasteiger charge is 2.28. The lowest BCUT2D eigenvalue weighted by atomic mass is 10.0. The molecule has 0 radical (unpaired) electrons. The number of hydrogen-bond acceptors (Lipinski definition) is 6. The van der Waals surface area contributed by atoms with Gasteiger partial charge < -0.3 is 14.7 Å². The Kier molecular flexibility index (Phi) is 6.39. The van der Waals surface area contributed by atoms with E-state index in [4.69, 9.17) is 4.98 Å². The maximum atomic E-state index is 13.0. The van der Waals surface area contributed by atoms with Gasteiger partial charge in [0.2, 0.25) is 5.91 Å². The minimum absolute atomic E-state index is 0.0764. The van der Waals surface area contributed by atoms with Crippen molar-refractivity contribution in [3.8, 4) is 0 Å². The fourth-order valence-corrected chi connectivity index (χ4v) is 6.67. The van der Waals surface area contributed by atoms with Crippen LogP contribution in [0.4, 0.5) is 5.13 Å². The zero-order valence-corrected chi connectivity index (χ0v) is 19.0. The Bertz CT molecular complexity index is 828. The van der Waals surface area contributed by atoms with E-state index in [0.29, 0.717) is 38.5 Å². The van der Waals surface area contributed by atoms with Gasteiger partial charge in [-0.25, -0.2) is 4.98 Å². The van der Waals surface area contributed by atoms with Crippen LogP contribution in [0.25, 0.3) is 9.53 Å². The molecule has 1 aliphatic carbocycles. The van der Waals surface area contributed by atoms with E-state index in [1.165, 1.54) is 37.0 Å². The Hall–Kier alpha value is -1.67. The minimum atomic E-state index is 0.0764. The number of carbonyl (C=O) groups is 2. The highest BCUT2D eigenvalue weighted by molar-refractivity contribution is 7.29. The van der Waals surface area contributed by atoms with Crippen molar-refractivity contribution in [3.05, 3.63) is 10.9 Å².